The molecule has 9 heavy (non-hydrogen) atoms. The maximum Gasteiger partial charge on any atom is 0.0336 e. The highest BCUT2D eigenvalue weighted by Gasteiger charge is 1.98. The molecule has 0 radical (unpaired) electrons. The predicted octanol–water partition coefficient (Wildman–Crippen LogP) is 1.95. The molecular weight excluding hydrogens is 110 g/mol. The summed E-state index contributed by atoms with van der Waals surface area (Å²) in [5.41, 5.74) is 3.47. The molecule has 0 bridgehead atoms. The Labute approximate surface area is 55.8 Å². The third-order valence-electron chi connectivity index (χ3n) is 1.39. The summed E-state index contributed by atoms with van der Waals surface area (Å²) in [5.74, 6) is 0. The lowest BCUT2D eigenvalue weighted by molar-refractivity contribution is 1.03. The number of hydrogen-bond acceptors (Lipinski definition) is 1. The molecule has 0 saturated carbocycles. The first-order valence-corrected chi connectivity index (χ1v) is 3.01. The Morgan fingerprint density at radius 3 is 2.56 bits per heavy atom. The van der Waals surface area contributed by atoms with Crippen LogP contribution < -0.4 is 5.32 Å². The molecule has 0 atom stereocenters. The van der Waals surface area contributed by atoms with Crippen molar-refractivity contribution in [3.05, 3.63) is 35.7 Å². The van der Waals surface area contributed by atoms with Crippen LogP contribution in [-0.4, -0.2) is 0 Å². The van der Waals surface area contributed by atoms with Gasteiger partial charge in [0.05, 0.1) is 0 Å². The van der Waals surface area contributed by atoms with E-state index in [4.69, 9.17) is 0 Å². The lowest BCUT2D eigenvalue weighted by Crippen LogP contribution is -2.09. The molecule has 0 fully saturated rings. The average molecular weight is 121 g/mol. The van der Waals surface area contributed by atoms with E-state index < -0.39 is 0 Å². The molecule has 0 aromatic rings. The van der Waals surface area contributed by atoms with E-state index in [0.717, 1.165) is 5.70 Å². The summed E-state index contributed by atoms with van der Waals surface area (Å²) < 4.78 is 0. The second kappa shape index (κ2) is 2.09. The van der Waals surface area contributed by atoms with E-state index in [1.807, 2.05) is 13.1 Å². The van der Waals surface area contributed by atoms with E-state index in [0.29, 0.717) is 0 Å². The van der Waals surface area contributed by atoms with E-state index in [2.05, 4.69) is 24.9 Å². The largest absolute Gasteiger partial charge is 0.362 e. The van der Waals surface area contributed by atoms with Crippen LogP contribution >= 0.6 is 0 Å². The monoisotopic (exact) mass is 121 g/mol. The number of rotatable bonds is 0. The van der Waals surface area contributed by atoms with Gasteiger partial charge in [0.15, 0.2) is 0 Å². The predicted molar refractivity (Wildman–Crippen MR) is 39.8 cm³/mol. The van der Waals surface area contributed by atoms with Gasteiger partial charge >= 0.3 is 0 Å². The summed E-state index contributed by atoms with van der Waals surface area (Å²) in [7, 11) is 0. The van der Waals surface area contributed by atoms with Crippen molar-refractivity contribution >= 4 is 0 Å². The first kappa shape index (κ1) is 6.14. The molecule has 1 rings (SSSR count). The molecule has 0 amide bonds. The summed E-state index contributed by atoms with van der Waals surface area (Å²) >= 11 is 0. The van der Waals surface area contributed by atoms with Crippen LogP contribution in [0.1, 0.15) is 13.8 Å². The number of hydrogen-bond donors (Lipinski definition) is 1. The van der Waals surface area contributed by atoms with Gasteiger partial charge in [-0.15, -0.1) is 0 Å². The highest BCUT2D eigenvalue weighted by atomic mass is 14.9. The van der Waals surface area contributed by atoms with Crippen molar-refractivity contribution in [3.8, 4) is 0 Å². The molecule has 0 saturated heterocycles. The molecule has 0 spiro atoms. The van der Waals surface area contributed by atoms with Crippen molar-refractivity contribution < 1.29 is 0 Å². The molecule has 1 nitrogen and oxygen atoms in total. The van der Waals surface area contributed by atoms with Crippen molar-refractivity contribution in [2.45, 2.75) is 13.8 Å². The minimum Gasteiger partial charge on any atom is -0.362 e. The zero-order valence-corrected chi connectivity index (χ0v) is 5.86. The fourth-order valence-corrected chi connectivity index (χ4v) is 0.785. The maximum absolute atomic E-state index is 3.81. The highest BCUT2D eigenvalue weighted by molar-refractivity contribution is 5.37. The molecule has 1 heterocycles. The zero-order valence-electron chi connectivity index (χ0n) is 5.86. The average Bonchev–Trinajstić information content (AvgIpc) is 1.80. The summed E-state index contributed by atoms with van der Waals surface area (Å²) in [5, 5.41) is 3.06. The lowest BCUT2D eigenvalue weighted by atomic mass is 10.1. The van der Waals surface area contributed by atoms with E-state index in [9.17, 15) is 0 Å². The van der Waals surface area contributed by atoms with Gasteiger partial charge in [0.1, 0.15) is 0 Å². The van der Waals surface area contributed by atoms with E-state index >= 15 is 0 Å². The minimum atomic E-state index is 1.00. The van der Waals surface area contributed by atoms with Gasteiger partial charge in [0.2, 0.25) is 0 Å². The third-order valence-corrected chi connectivity index (χ3v) is 1.39. The zero-order chi connectivity index (χ0) is 6.85. The standard InChI is InChI=1S/C8H11N/c1-6-4-7(2)8(3)9-5-6/h4-5,9H,3H2,1-2H3. The normalized spacial score (nSPS) is 18.2. The van der Waals surface area contributed by atoms with Crippen LogP contribution in [0, 0.1) is 0 Å². The Morgan fingerprint density at radius 1 is 1.44 bits per heavy atom. The van der Waals surface area contributed by atoms with Gasteiger partial charge in [0.25, 0.3) is 0 Å². The minimum absolute atomic E-state index is 1.00. The first-order chi connectivity index (χ1) is 4.20. The molecule has 1 aliphatic heterocycles. The molecule has 1 heteroatoms. The molecule has 1 N–H and O–H groups in total. The van der Waals surface area contributed by atoms with E-state index in [-0.39, 0.29) is 0 Å². The second-order valence-electron chi connectivity index (χ2n) is 2.34. The van der Waals surface area contributed by atoms with Crippen LogP contribution in [0.2, 0.25) is 0 Å². The molecular formula is C8H11N. The molecule has 0 aliphatic carbocycles. The van der Waals surface area contributed by atoms with Crippen LogP contribution in [0.3, 0.4) is 0 Å². The smallest absolute Gasteiger partial charge is 0.0336 e. The molecule has 0 aromatic heterocycles. The Morgan fingerprint density at radius 2 is 2.11 bits per heavy atom. The van der Waals surface area contributed by atoms with Gasteiger partial charge in [-0.1, -0.05) is 12.7 Å². The topological polar surface area (TPSA) is 12.0 Å². The summed E-state index contributed by atoms with van der Waals surface area (Å²) in [6, 6.07) is 0. The second-order valence-corrected chi connectivity index (χ2v) is 2.34. The molecule has 48 valence electrons. The highest BCUT2D eigenvalue weighted by Crippen LogP contribution is 2.11. The first-order valence-electron chi connectivity index (χ1n) is 3.01. The van der Waals surface area contributed by atoms with Crippen molar-refractivity contribution in [1.82, 2.24) is 5.32 Å². The van der Waals surface area contributed by atoms with Crippen molar-refractivity contribution in [2.75, 3.05) is 0 Å². The van der Waals surface area contributed by atoms with Crippen LogP contribution in [0.15, 0.2) is 35.7 Å². The van der Waals surface area contributed by atoms with Gasteiger partial charge in [-0.05, 0) is 25.0 Å². The van der Waals surface area contributed by atoms with Crippen LogP contribution in [0.25, 0.3) is 0 Å². The van der Waals surface area contributed by atoms with Crippen molar-refractivity contribution in [1.29, 1.82) is 0 Å². The molecule has 1 aliphatic rings. The fourth-order valence-electron chi connectivity index (χ4n) is 0.785. The third kappa shape index (κ3) is 1.22. The Kier molecular flexibility index (Phi) is 1.43. The molecule has 0 unspecified atom stereocenters. The lowest BCUT2D eigenvalue weighted by Gasteiger charge is -2.11. The summed E-state index contributed by atoms with van der Waals surface area (Å²) in [6.07, 6.45) is 4.06. The summed E-state index contributed by atoms with van der Waals surface area (Å²) in [6.45, 7) is 7.91. The number of nitrogens with one attached hydrogen (secondary N) is 1. The Balaban J connectivity index is 2.87. The SMILES string of the molecule is C=C1NC=C(C)C=C1C. The number of dihydropyridines is 1. The fraction of sp³-hybridized carbons (Fsp3) is 0.250. The van der Waals surface area contributed by atoms with E-state index in [1.54, 1.807) is 0 Å². The van der Waals surface area contributed by atoms with Crippen LogP contribution in [-0.2, 0) is 0 Å². The summed E-state index contributed by atoms with van der Waals surface area (Å²) in [4.78, 5) is 0. The molecule has 0 aromatic carbocycles. The Hall–Kier alpha value is -0.980. The van der Waals surface area contributed by atoms with Gasteiger partial charge in [-0.25, -0.2) is 0 Å². The van der Waals surface area contributed by atoms with Gasteiger partial charge in [-0.3, -0.25) is 0 Å². The number of allylic oxidation sites excluding steroid dienone is 3. The maximum atomic E-state index is 3.81. The van der Waals surface area contributed by atoms with Crippen molar-refractivity contribution in [2.24, 2.45) is 0 Å². The van der Waals surface area contributed by atoms with Gasteiger partial charge in [-0.2, -0.15) is 0 Å². The Bertz CT molecular complexity index is 197. The van der Waals surface area contributed by atoms with Gasteiger partial charge < -0.3 is 5.32 Å². The van der Waals surface area contributed by atoms with E-state index in [1.165, 1.54) is 11.1 Å². The van der Waals surface area contributed by atoms with Crippen LogP contribution in [0.5, 0.6) is 0 Å². The quantitative estimate of drug-likeness (QED) is 0.516. The van der Waals surface area contributed by atoms with Gasteiger partial charge in [0, 0.05) is 11.9 Å². The van der Waals surface area contributed by atoms with Crippen LogP contribution in [0.4, 0.5) is 0 Å². The van der Waals surface area contributed by atoms with Crippen molar-refractivity contribution in [3.63, 3.8) is 0 Å².